The summed E-state index contributed by atoms with van der Waals surface area (Å²) < 4.78 is 0. The maximum atomic E-state index is 5.81. The quantitative estimate of drug-likeness (QED) is 0.454. The molecule has 2 aliphatic rings. The Kier molecular flexibility index (Phi) is 1.64. The second-order valence-corrected chi connectivity index (χ2v) is 3.30. The number of hydrogen-bond acceptors (Lipinski definition) is 3. The van der Waals surface area contributed by atoms with Crippen molar-refractivity contribution in [2.24, 2.45) is 5.84 Å². The lowest BCUT2D eigenvalue weighted by Gasteiger charge is -2.33. The van der Waals surface area contributed by atoms with Crippen molar-refractivity contribution in [3.05, 3.63) is 0 Å². The van der Waals surface area contributed by atoms with Crippen LogP contribution in [0.4, 0.5) is 0 Å². The Bertz CT molecular complexity index is 126. The molecule has 0 radical (unpaired) electrons. The molecule has 2 aliphatic heterocycles. The van der Waals surface area contributed by atoms with Gasteiger partial charge in [-0.1, -0.05) is 0 Å². The van der Waals surface area contributed by atoms with Gasteiger partial charge in [0, 0.05) is 18.6 Å². The van der Waals surface area contributed by atoms with E-state index in [1.54, 1.807) is 0 Å². The summed E-state index contributed by atoms with van der Waals surface area (Å²) in [4.78, 5) is 0. The van der Waals surface area contributed by atoms with Crippen LogP contribution in [0.25, 0.3) is 0 Å². The molecular weight excluding hydrogens is 126 g/mol. The molecule has 0 amide bonds. The Balaban J connectivity index is 2.03. The molecule has 0 aromatic carbocycles. The van der Waals surface area contributed by atoms with Crippen LogP contribution >= 0.6 is 0 Å². The third kappa shape index (κ3) is 0.944. The van der Waals surface area contributed by atoms with E-state index in [4.69, 9.17) is 5.84 Å². The maximum absolute atomic E-state index is 5.81. The number of fused-ring (bicyclic) bond motifs is 1. The summed E-state index contributed by atoms with van der Waals surface area (Å²) in [5, 5.41) is 5.48. The van der Waals surface area contributed by atoms with Crippen molar-refractivity contribution in [1.29, 1.82) is 0 Å². The molecular formula is C7H15N3. The predicted molar refractivity (Wildman–Crippen MR) is 40.3 cm³/mol. The Hall–Kier alpha value is -0.120. The highest BCUT2D eigenvalue weighted by molar-refractivity contribution is 4.92. The second kappa shape index (κ2) is 2.49. The zero-order valence-electron chi connectivity index (χ0n) is 6.21. The monoisotopic (exact) mass is 141 g/mol. The van der Waals surface area contributed by atoms with Gasteiger partial charge in [-0.25, -0.2) is 5.01 Å². The van der Waals surface area contributed by atoms with Crippen molar-refractivity contribution >= 4 is 0 Å². The van der Waals surface area contributed by atoms with E-state index in [2.05, 4.69) is 5.32 Å². The first-order valence-corrected chi connectivity index (χ1v) is 4.12. The van der Waals surface area contributed by atoms with Crippen molar-refractivity contribution in [3.8, 4) is 0 Å². The van der Waals surface area contributed by atoms with Gasteiger partial charge in [-0.3, -0.25) is 5.84 Å². The smallest absolute Gasteiger partial charge is 0.0406 e. The Morgan fingerprint density at radius 3 is 3.10 bits per heavy atom. The molecule has 0 aromatic heterocycles. The fraction of sp³-hybridized carbons (Fsp3) is 1.00. The van der Waals surface area contributed by atoms with Crippen LogP contribution in [-0.4, -0.2) is 30.2 Å². The molecule has 2 fully saturated rings. The van der Waals surface area contributed by atoms with Crippen LogP contribution in [0.5, 0.6) is 0 Å². The van der Waals surface area contributed by atoms with Crippen LogP contribution in [0.1, 0.15) is 19.3 Å². The zero-order valence-corrected chi connectivity index (χ0v) is 6.21. The van der Waals surface area contributed by atoms with Crippen molar-refractivity contribution in [1.82, 2.24) is 10.3 Å². The van der Waals surface area contributed by atoms with Gasteiger partial charge in [0.1, 0.15) is 0 Å². The molecule has 2 heterocycles. The maximum Gasteiger partial charge on any atom is 0.0406 e. The van der Waals surface area contributed by atoms with Crippen molar-refractivity contribution in [2.45, 2.75) is 31.3 Å². The van der Waals surface area contributed by atoms with Gasteiger partial charge in [-0.2, -0.15) is 0 Å². The third-order valence-corrected chi connectivity index (χ3v) is 2.67. The first-order chi connectivity index (χ1) is 4.88. The standard InChI is InChI=1S/C7H15N3/c8-10-5-1-2-6-7(10)3-4-9-6/h6-7,9H,1-5,8H2/t6-,7+/m1/s1. The minimum atomic E-state index is 0.633. The minimum absolute atomic E-state index is 0.633. The molecule has 2 saturated heterocycles. The number of hydrogen-bond donors (Lipinski definition) is 2. The number of nitrogens with zero attached hydrogens (tertiary/aromatic N) is 1. The summed E-state index contributed by atoms with van der Waals surface area (Å²) in [6, 6.07) is 1.33. The summed E-state index contributed by atoms with van der Waals surface area (Å²) in [5.41, 5.74) is 0. The molecule has 3 heteroatoms. The number of nitrogens with one attached hydrogen (secondary N) is 1. The lowest BCUT2D eigenvalue weighted by atomic mass is 9.99. The van der Waals surface area contributed by atoms with Crippen LogP contribution in [0, 0.1) is 0 Å². The molecule has 0 unspecified atom stereocenters. The predicted octanol–water partition coefficient (Wildman–Crippen LogP) is -0.314. The lowest BCUT2D eigenvalue weighted by molar-refractivity contribution is 0.140. The number of piperidine rings is 1. The molecule has 0 aromatic rings. The van der Waals surface area contributed by atoms with E-state index in [1.165, 1.54) is 19.3 Å². The van der Waals surface area contributed by atoms with Gasteiger partial charge in [0.15, 0.2) is 0 Å². The second-order valence-electron chi connectivity index (χ2n) is 3.30. The van der Waals surface area contributed by atoms with Crippen molar-refractivity contribution in [3.63, 3.8) is 0 Å². The molecule has 0 saturated carbocycles. The van der Waals surface area contributed by atoms with Gasteiger partial charge in [0.2, 0.25) is 0 Å². The van der Waals surface area contributed by atoms with E-state index in [-0.39, 0.29) is 0 Å². The third-order valence-electron chi connectivity index (χ3n) is 2.67. The van der Waals surface area contributed by atoms with Gasteiger partial charge in [0.05, 0.1) is 0 Å². The number of hydrazine groups is 1. The van der Waals surface area contributed by atoms with E-state index in [1.807, 2.05) is 5.01 Å². The van der Waals surface area contributed by atoms with Gasteiger partial charge < -0.3 is 5.32 Å². The van der Waals surface area contributed by atoms with Gasteiger partial charge in [0.25, 0.3) is 0 Å². The van der Waals surface area contributed by atoms with Gasteiger partial charge in [-0.15, -0.1) is 0 Å². The average molecular weight is 141 g/mol. The van der Waals surface area contributed by atoms with Gasteiger partial charge in [-0.05, 0) is 25.8 Å². The summed E-state index contributed by atoms with van der Waals surface area (Å²) in [7, 11) is 0. The Morgan fingerprint density at radius 1 is 1.40 bits per heavy atom. The van der Waals surface area contributed by atoms with Crippen LogP contribution in [0.15, 0.2) is 0 Å². The summed E-state index contributed by atoms with van der Waals surface area (Å²) in [6.45, 7) is 2.24. The lowest BCUT2D eigenvalue weighted by Crippen LogP contribution is -2.51. The van der Waals surface area contributed by atoms with Crippen LogP contribution in [0.2, 0.25) is 0 Å². The highest BCUT2D eigenvalue weighted by atomic mass is 15.4. The number of nitrogens with two attached hydrogens (primary N) is 1. The summed E-state index contributed by atoms with van der Waals surface area (Å²) in [6.07, 6.45) is 3.81. The highest BCUT2D eigenvalue weighted by Crippen LogP contribution is 2.20. The fourth-order valence-corrected chi connectivity index (χ4v) is 2.10. The molecule has 10 heavy (non-hydrogen) atoms. The Morgan fingerprint density at radius 2 is 2.30 bits per heavy atom. The van der Waals surface area contributed by atoms with Crippen molar-refractivity contribution in [2.75, 3.05) is 13.1 Å². The van der Waals surface area contributed by atoms with Crippen LogP contribution in [0.3, 0.4) is 0 Å². The van der Waals surface area contributed by atoms with E-state index in [0.29, 0.717) is 12.1 Å². The molecule has 2 atom stereocenters. The zero-order chi connectivity index (χ0) is 6.97. The Labute approximate surface area is 61.5 Å². The molecule has 0 spiro atoms. The largest absolute Gasteiger partial charge is 0.312 e. The van der Waals surface area contributed by atoms with Crippen LogP contribution in [-0.2, 0) is 0 Å². The van der Waals surface area contributed by atoms with Gasteiger partial charge >= 0.3 is 0 Å². The molecule has 0 bridgehead atoms. The van der Waals surface area contributed by atoms with E-state index < -0.39 is 0 Å². The minimum Gasteiger partial charge on any atom is -0.312 e. The van der Waals surface area contributed by atoms with Crippen molar-refractivity contribution < 1.29 is 0 Å². The summed E-state index contributed by atoms with van der Waals surface area (Å²) >= 11 is 0. The van der Waals surface area contributed by atoms with Crippen LogP contribution < -0.4 is 11.2 Å². The molecule has 58 valence electrons. The molecule has 3 nitrogen and oxygen atoms in total. The van der Waals surface area contributed by atoms with E-state index in [9.17, 15) is 0 Å². The normalized spacial score (nSPS) is 41.7. The molecule has 0 aliphatic carbocycles. The topological polar surface area (TPSA) is 41.3 Å². The van der Waals surface area contributed by atoms with E-state index in [0.717, 1.165) is 13.1 Å². The highest BCUT2D eigenvalue weighted by Gasteiger charge is 2.32. The average Bonchev–Trinajstić information content (AvgIpc) is 2.36. The molecule has 3 N–H and O–H groups in total. The first-order valence-electron chi connectivity index (χ1n) is 4.12. The number of rotatable bonds is 0. The first kappa shape index (κ1) is 6.58. The van der Waals surface area contributed by atoms with E-state index >= 15 is 0 Å². The fourth-order valence-electron chi connectivity index (χ4n) is 2.10. The summed E-state index contributed by atoms with van der Waals surface area (Å²) in [5.74, 6) is 5.81. The SMILES string of the molecule is NN1CCC[C@H]2NCC[C@@H]21. The molecule has 2 rings (SSSR count).